The van der Waals surface area contributed by atoms with E-state index >= 15 is 0 Å². The molecule has 102 valence electrons. The molecule has 21 heavy (non-hydrogen) atoms. The lowest BCUT2D eigenvalue weighted by Gasteiger charge is -2.05. The van der Waals surface area contributed by atoms with Crippen molar-refractivity contribution in [3.05, 3.63) is 60.2 Å². The number of hydrogen-bond donors (Lipinski definition) is 1. The van der Waals surface area contributed by atoms with Crippen LogP contribution in [0.1, 0.15) is 5.56 Å². The van der Waals surface area contributed by atoms with Gasteiger partial charge in [0.25, 0.3) is 0 Å². The Hall–Kier alpha value is -2.39. The lowest BCUT2D eigenvalue weighted by atomic mass is 10.1. The highest BCUT2D eigenvalue weighted by molar-refractivity contribution is 7.21. The van der Waals surface area contributed by atoms with E-state index in [1.807, 2.05) is 36.4 Å². The van der Waals surface area contributed by atoms with Gasteiger partial charge in [0.15, 0.2) is 0 Å². The minimum atomic E-state index is 0.309. The first-order chi connectivity index (χ1) is 10.2. The molecule has 0 radical (unpaired) electrons. The van der Waals surface area contributed by atoms with Crippen molar-refractivity contribution in [2.45, 2.75) is 6.92 Å². The van der Waals surface area contributed by atoms with Gasteiger partial charge in [0.05, 0.1) is 15.8 Å². The molecule has 2 nitrogen and oxygen atoms in total. The zero-order valence-corrected chi connectivity index (χ0v) is 12.3. The fourth-order valence-electron chi connectivity index (χ4n) is 2.58. The molecule has 0 unspecified atom stereocenters. The maximum atomic E-state index is 10.5. The molecule has 1 heterocycles. The third-order valence-electron chi connectivity index (χ3n) is 3.67. The molecule has 0 spiro atoms. The Balaban J connectivity index is 1.97. The molecule has 0 aliphatic carbocycles. The summed E-state index contributed by atoms with van der Waals surface area (Å²) in [4.78, 5) is 4.67. The Labute approximate surface area is 126 Å². The summed E-state index contributed by atoms with van der Waals surface area (Å²) in [6.07, 6.45) is 0. The average Bonchev–Trinajstić information content (AvgIpc) is 2.90. The van der Waals surface area contributed by atoms with E-state index in [2.05, 4.69) is 30.1 Å². The Morgan fingerprint density at radius 3 is 2.76 bits per heavy atom. The molecule has 0 saturated carbocycles. The molecule has 0 atom stereocenters. The fraction of sp³-hybridized carbons (Fsp3) is 0.0556. The van der Waals surface area contributed by atoms with E-state index < -0.39 is 0 Å². The van der Waals surface area contributed by atoms with Gasteiger partial charge in [-0.15, -0.1) is 11.3 Å². The number of aromatic hydroxyl groups is 1. The molecule has 4 aromatic rings. The van der Waals surface area contributed by atoms with Crippen LogP contribution in [-0.4, -0.2) is 10.1 Å². The second-order valence-electron chi connectivity index (χ2n) is 5.17. The summed E-state index contributed by atoms with van der Waals surface area (Å²) >= 11 is 1.61. The molecule has 0 fully saturated rings. The van der Waals surface area contributed by atoms with Crippen molar-refractivity contribution in [2.24, 2.45) is 0 Å². The van der Waals surface area contributed by atoms with Crippen LogP contribution in [0.25, 0.3) is 31.6 Å². The number of phenols is 1. The summed E-state index contributed by atoms with van der Waals surface area (Å²) in [7, 11) is 0. The van der Waals surface area contributed by atoms with Crippen molar-refractivity contribution < 1.29 is 5.11 Å². The third kappa shape index (κ3) is 1.98. The average molecular weight is 291 g/mol. The summed E-state index contributed by atoms with van der Waals surface area (Å²) in [6, 6.07) is 18.1. The Kier molecular flexibility index (Phi) is 2.69. The first-order valence-electron chi connectivity index (χ1n) is 6.81. The lowest BCUT2D eigenvalue weighted by Crippen LogP contribution is -1.80. The SMILES string of the molecule is Cc1ccc2sc(-c3ccc4ccccc4c3O)nc2c1. The van der Waals surface area contributed by atoms with Gasteiger partial charge in [-0.2, -0.15) is 0 Å². The zero-order chi connectivity index (χ0) is 14.4. The van der Waals surface area contributed by atoms with Gasteiger partial charge in [0.1, 0.15) is 10.8 Å². The number of phenolic OH excluding ortho intramolecular Hbond substituents is 1. The van der Waals surface area contributed by atoms with Crippen LogP contribution in [0.3, 0.4) is 0 Å². The Morgan fingerprint density at radius 2 is 1.86 bits per heavy atom. The number of aromatic nitrogens is 1. The standard InChI is InChI=1S/C18H13NOS/c1-11-6-9-16-15(10-11)19-18(21-16)14-8-7-12-4-2-3-5-13(12)17(14)20/h2-10,20H,1H3. The molecule has 0 aliphatic rings. The minimum Gasteiger partial charge on any atom is -0.507 e. The normalized spacial score (nSPS) is 11.3. The fourth-order valence-corrected chi connectivity index (χ4v) is 3.55. The maximum absolute atomic E-state index is 10.5. The number of fused-ring (bicyclic) bond motifs is 2. The molecule has 1 aromatic heterocycles. The zero-order valence-electron chi connectivity index (χ0n) is 11.5. The highest BCUT2D eigenvalue weighted by atomic mass is 32.1. The van der Waals surface area contributed by atoms with Crippen molar-refractivity contribution in [2.75, 3.05) is 0 Å². The summed E-state index contributed by atoms with van der Waals surface area (Å²) < 4.78 is 1.14. The van der Waals surface area contributed by atoms with E-state index in [-0.39, 0.29) is 0 Å². The predicted molar refractivity (Wildman–Crippen MR) is 89.0 cm³/mol. The van der Waals surface area contributed by atoms with E-state index in [9.17, 15) is 5.11 Å². The van der Waals surface area contributed by atoms with Crippen LogP contribution in [0, 0.1) is 6.92 Å². The first-order valence-corrected chi connectivity index (χ1v) is 7.62. The smallest absolute Gasteiger partial charge is 0.133 e. The summed E-state index contributed by atoms with van der Waals surface area (Å²) in [6.45, 7) is 2.06. The van der Waals surface area contributed by atoms with Gasteiger partial charge in [-0.3, -0.25) is 0 Å². The van der Waals surface area contributed by atoms with Crippen molar-refractivity contribution >= 4 is 32.3 Å². The predicted octanol–water partition coefficient (Wildman–Crippen LogP) is 5.13. The van der Waals surface area contributed by atoms with Crippen LogP contribution in [0.4, 0.5) is 0 Å². The van der Waals surface area contributed by atoms with Gasteiger partial charge in [-0.05, 0) is 36.1 Å². The van der Waals surface area contributed by atoms with Crippen LogP contribution in [-0.2, 0) is 0 Å². The van der Waals surface area contributed by atoms with Crippen molar-refractivity contribution in [3.63, 3.8) is 0 Å². The van der Waals surface area contributed by atoms with E-state index in [1.54, 1.807) is 11.3 Å². The van der Waals surface area contributed by atoms with E-state index in [0.29, 0.717) is 5.75 Å². The minimum absolute atomic E-state index is 0.309. The van der Waals surface area contributed by atoms with Gasteiger partial charge < -0.3 is 5.11 Å². The molecule has 0 amide bonds. The first kappa shape index (κ1) is 12.4. The van der Waals surface area contributed by atoms with Crippen LogP contribution >= 0.6 is 11.3 Å². The second kappa shape index (κ2) is 4.57. The quantitative estimate of drug-likeness (QED) is 0.527. The molecule has 3 aromatic carbocycles. The summed E-state index contributed by atoms with van der Waals surface area (Å²) in [5, 5.41) is 13.3. The summed E-state index contributed by atoms with van der Waals surface area (Å²) in [5.74, 6) is 0.309. The molecule has 0 bridgehead atoms. The topological polar surface area (TPSA) is 33.1 Å². The number of benzene rings is 3. The number of aryl methyl sites for hydroxylation is 1. The molecule has 0 saturated heterocycles. The van der Waals surface area contributed by atoms with Gasteiger partial charge >= 0.3 is 0 Å². The largest absolute Gasteiger partial charge is 0.507 e. The van der Waals surface area contributed by atoms with Gasteiger partial charge in [0, 0.05) is 5.39 Å². The molecule has 4 rings (SSSR count). The Bertz CT molecular complexity index is 971. The summed E-state index contributed by atoms with van der Waals surface area (Å²) in [5.41, 5.74) is 2.98. The molecule has 1 N–H and O–H groups in total. The third-order valence-corrected chi connectivity index (χ3v) is 4.74. The number of thiazole rings is 1. The Morgan fingerprint density at radius 1 is 1.00 bits per heavy atom. The number of nitrogens with zero attached hydrogens (tertiary/aromatic N) is 1. The van der Waals surface area contributed by atoms with Gasteiger partial charge in [0.2, 0.25) is 0 Å². The number of hydrogen-bond acceptors (Lipinski definition) is 3. The van der Waals surface area contributed by atoms with Crippen molar-refractivity contribution in [3.8, 4) is 16.3 Å². The highest BCUT2D eigenvalue weighted by Crippen LogP contribution is 2.39. The van der Waals surface area contributed by atoms with Crippen LogP contribution < -0.4 is 0 Å². The molecular formula is C18H13NOS. The molecular weight excluding hydrogens is 278 g/mol. The molecule has 3 heteroatoms. The van der Waals surface area contributed by atoms with Gasteiger partial charge in [-0.1, -0.05) is 36.4 Å². The second-order valence-corrected chi connectivity index (χ2v) is 6.20. The van der Waals surface area contributed by atoms with Crippen molar-refractivity contribution in [1.82, 2.24) is 4.98 Å². The van der Waals surface area contributed by atoms with E-state index in [0.717, 1.165) is 31.6 Å². The van der Waals surface area contributed by atoms with Crippen LogP contribution in [0.2, 0.25) is 0 Å². The monoisotopic (exact) mass is 291 g/mol. The van der Waals surface area contributed by atoms with E-state index in [1.165, 1.54) is 5.56 Å². The number of rotatable bonds is 1. The highest BCUT2D eigenvalue weighted by Gasteiger charge is 2.12. The maximum Gasteiger partial charge on any atom is 0.133 e. The van der Waals surface area contributed by atoms with Crippen molar-refractivity contribution in [1.29, 1.82) is 0 Å². The van der Waals surface area contributed by atoms with Crippen LogP contribution in [0.15, 0.2) is 54.6 Å². The lowest BCUT2D eigenvalue weighted by molar-refractivity contribution is 0.483. The van der Waals surface area contributed by atoms with Crippen LogP contribution in [0.5, 0.6) is 5.75 Å². The molecule has 0 aliphatic heterocycles. The van der Waals surface area contributed by atoms with E-state index in [4.69, 9.17) is 0 Å². The van der Waals surface area contributed by atoms with Gasteiger partial charge in [-0.25, -0.2) is 4.98 Å².